The van der Waals surface area contributed by atoms with E-state index in [-0.39, 0.29) is 11.7 Å². The molecule has 1 amide bonds. The van der Waals surface area contributed by atoms with E-state index in [1.807, 2.05) is 12.1 Å². The molecule has 5 heteroatoms. The molecule has 1 saturated carbocycles. The summed E-state index contributed by atoms with van der Waals surface area (Å²) < 4.78 is 14.0. The van der Waals surface area contributed by atoms with E-state index < -0.39 is 17.3 Å². The van der Waals surface area contributed by atoms with Crippen LogP contribution in [-0.4, -0.2) is 17.0 Å². The van der Waals surface area contributed by atoms with Crippen LogP contribution in [0.4, 0.5) is 4.39 Å². The standard InChI is InChI=1S/C20H20FNO3/c1-12-16(3-2-4-17(12)21)20(19(24)25)10-9-15(11-20)13-5-7-14(8-6-13)18(22)23/h2-8,15H,9-11H2,1H3,(H2,22,23)(H,24,25)/t15?,20-/m0/s1. The molecule has 4 nitrogen and oxygen atoms in total. The number of aliphatic carboxylic acids is 1. The zero-order valence-electron chi connectivity index (χ0n) is 14.0. The molecular formula is C20H20FNO3. The van der Waals surface area contributed by atoms with Crippen molar-refractivity contribution >= 4 is 11.9 Å². The fourth-order valence-electron chi connectivity index (χ4n) is 3.93. The van der Waals surface area contributed by atoms with Gasteiger partial charge in [0.05, 0.1) is 5.41 Å². The Bertz CT molecular complexity index is 831. The SMILES string of the molecule is Cc1c(F)cccc1[C@]1(C(=O)O)CCC(c2ccc(C(N)=O)cc2)C1. The number of hydrogen-bond acceptors (Lipinski definition) is 2. The number of carbonyl (C=O) groups excluding carboxylic acids is 1. The van der Waals surface area contributed by atoms with E-state index in [1.54, 1.807) is 31.2 Å². The van der Waals surface area contributed by atoms with E-state index >= 15 is 0 Å². The highest BCUT2D eigenvalue weighted by molar-refractivity contribution is 5.92. The van der Waals surface area contributed by atoms with Gasteiger partial charge in [-0.25, -0.2) is 4.39 Å². The van der Waals surface area contributed by atoms with Crippen molar-refractivity contribution in [1.29, 1.82) is 0 Å². The Morgan fingerprint density at radius 1 is 1.20 bits per heavy atom. The molecule has 3 rings (SSSR count). The van der Waals surface area contributed by atoms with E-state index in [9.17, 15) is 19.1 Å². The van der Waals surface area contributed by atoms with Crippen molar-refractivity contribution in [2.24, 2.45) is 5.73 Å². The van der Waals surface area contributed by atoms with Crippen molar-refractivity contribution in [1.82, 2.24) is 0 Å². The molecule has 0 saturated heterocycles. The van der Waals surface area contributed by atoms with Crippen LogP contribution >= 0.6 is 0 Å². The second kappa shape index (κ2) is 6.31. The number of primary amides is 1. The number of carbonyl (C=O) groups is 2. The summed E-state index contributed by atoms with van der Waals surface area (Å²) in [7, 11) is 0. The predicted octanol–water partition coefficient (Wildman–Crippen LogP) is 3.52. The number of benzene rings is 2. The molecule has 3 N–H and O–H groups in total. The molecule has 2 aromatic carbocycles. The minimum Gasteiger partial charge on any atom is -0.481 e. The Kier molecular flexibility index (Phi) is 4.33. The van der Waals surface area contributed by atoms with E-state index in [0.717, 1.165) is 5.56 Å². The number of rotatable bonds is 4. The van der Waals surface area contributed by atoms with Gasteiger partial charge >= 0.3 is 5.97 Å². The molecule has 2 atom stereocenters. The van der Waals surface area contributed by atoms with Crippen LogP contribution in [0.2, 0.25) is 0 Å². The lowest BCUT2D eigenvalue weighted by atomic mass is 9.75. The first-order valence-electron chi connectivity index (χ1n) is 8.24. The molecule has 1 aliphatic carbocycles. The van der Waals surface area contributed by atoms with Crippen molar-refractivity contribution < 1.29 is 19.1 Å². The van der Waals surface area contributed by atoms with Crippen LogP contribution < -0.4 is 5.73 Å². The third kappa shape index (κ3) is 2.90. The number of amides is 1. The lowest BCUT2D eigenvalue weighted by Gasteiger charge is -2.27. The van der Waals surface area contributed by atoms with E-state index in [0.29, 0.717) is 36.0 Å². The van der Waals surface area contributed by atoms with Gasteiger partial charge in [-0.1, -0.05) is 24.3 Å². The van der Waals surface area contributed by atoms with Crippen LogP contribution in [0.3, 0.4) is 0 Å². The molecule has 1 unspecified atom stereocenters. The number of carboxylic acids is 1. The Morgan fingerprint density at radius 2 is 1.88 bits per heavy atom. The summed E-state index contributed by atoms with van der Waals surface area (Å²) in [6.45, 7) is 1.63. The van der Waals surface area contributed by atoms with Crippen LogP contribution in [0.1, 0.15) is 52.2 Å². The van der Waals surface area contributed by atoms with Crippen LogP contribution in [0.5, 0.6) is 0 Å². The molecule has 2 aromatic rings. The first kappa shape index (κ1) is 17.1. The Labute approximate surface area is 145 Å². The van der Waals surface area contributed by atoms with Gasteiger partial charge in [0.2, 0.25) is 5.91 Å². The van der Waals surface area contributed by atoms with Crippen LogP contribution in [0.25, 0.3) is 0 Å². The first-order valence-corrected chi connectivity index (χ1v) is 8.24. The van der Waals surface area contributed by atoms with Crippen molar-refractivity contribution in [3.05, 3.63) is 70.5 Å². The summed E-state index contributed by atoms with van der Waals surface area (Å²) in [5, 5.41) is 9.93. The highest BCUT2D eigenvalue weighted by Crippen LogP contribution is 2.49. The molecule has 0 aromatic heterocycles. The minimum absolute atomic E-state index is 0.0423. The van der Waals surface area contributed by atoms with Crippen LogP contribution in [-0.2, 0) is 10.2 Å². The molecular weight excluding hydrogens is 321 g/mol. The molecule has 0 spiro atoms. The summed E-state index contributed by atoms with van der Waals surface area (Å²) >= 11 is 0. The van der Waals surface area contributed by atoms with Crippen LogP contribution in [0.15, 0.2) is 42.5 Å². The van der Waals surface area contributed by atoms with Crippen molar-refractivity contribution in [3.63, 3.8) is 0 Å². The summed E-state index contributed by atoms with van der Waals surface area (Å²) in [6, 6.07) is 11.6. The van der Waals surface area contributed by atoms with Gasteiger partial charge in [-0.2, -0.15) is 0 Å². The Morgan fingerprint density at radius 3 is 2.48 bits per heavy atom. The number of nitrogens with two attached hydrogens (primary N) is 1. The molecule has 0 aliphatic heterocycles. The smallest absolute Gasteiger partial charge is 0.314 e. The molecule has 25 heavy (non-hydrogen) atoms. The number of halogens is 1. The maximum Gasteiger partial charge on any atom is 0.314 e. The molecule has 1 aliphatic rings. The second-order valence-electron chi connectivity index (χ2n) is 6.73. The highest BCUT2D eigenvalue weighted by Gasteiger charge is 2.48. The Hall–Kier alpha value is -2.69. The third-order valence-electron chi connectivity index (χ3n) is 5.37. The van der Waals surface area contributed by atoms with Gasteiger partial charge in [0.25, 0.3) is 0 Å². The van der Waals surface area contributed by atoms with Gasteiger partial charge in [-0.05, 0) is 67.0 Å². The van der Waals surface area contributed by atoms with Crippen LogP contribution in [0, 0.1) is 12.7 Å². The van der Waals surface area contributed by atoms with Gasteiger partial charge in [-0.15, -0.1) is 0 Å². The predicted molar refractivity (Wildman–Crippen MR) is 92.0 cm³/mol. The van der Waals surface area contributed by atoms with Crippen molar-refractivity contribution in [2.75, 3.05) is 0 Å². The molecule has 0 radical (unpaired) electrons. The molecule has 130 valence electrons. The average Bonchev–Trinajstić information content (AvgIpc) is 3.04. The monoisotopic (exact) mass is 341 g/mol. The Balaban J connectivity index is 1.95. The molecule has 0 bridgehead atoms. The summed E-state index contributed by atoms with van der Waals surface area (Å²) in [4.78, 5) is 23.3. The first-order chi connectivity index (χ1) is 11.8. The van der Waals surface area contributed by atoms with Gasteiger partial charge in [0.15, 0.2) is 0 Å². The van der Waals surface area contributed by atoms with Crippen molar-refractivity contribution in [2.45, 2.75) is 37.5 Å². The number of carboxylic acid groups (broad SMARTS) is 1. The van der Waals surface area contributed by atoms with Gasteiger partial charge in [-0.3, -0.25) is 9.59 Å². The van der Waals surface area contributed by atoms with Gasteiger partial charge < -0.3 is 10.8 Å². The normalized spacial score (nSPS) is 22.7. The fraction of sp³-hybridized carbons (Fsp3) is 0.300. The highest BCUT2D eigenvalue weighted by atomic mass is 19.1. The maximum atomic E-state index is 14.0. The second-order valence-corrected chi connectivity index (χ2v) is 6.73. The lowest BCUT2D eigenvalue weighted by Crippen LogP contribution is -2.34. The zero-order chi connectivity index (χ0) is 18.2. The van der Waals surface area contributed by atoms with Gasteiger partial charge in [0, 0.05) is 5.56 Å². The molecule has 1 fully saturated rings. The lowest BCUT2D eigenvalue weighted by molar-refractivity contribution is -0.143. The maximum absolute atomic E-state index is 14.0. The van der Waals surface area contributed by atoms with E-state index in [4.69, 9.17) is 5.73 Å². The minimum atomic E-state index is -1.08. The molecule has 0 heterocycles. The van der Waals surface area contributed by atoms with Crippen molar-refractivity contribution in [3.8, 4) is 0 Å². The third-order valence-corrected chi connectivity index (χ3v) is 5.37. The summed E-state index contributed by atoms with van der Waals surface area (Å²) in [5.74, 6) is -1.75. The average molecular weight is 341 g/mol. The topological polar surface area (TPSA) is 80.4 Å². The van der Waals surface area contributed by atoms with E-state index in [2.05, 4.69) is 0 Å². The fourth-order valence-corrected chi connectivity index (χ4v) is 3.93. The zero-order valence-corrected chi connectivity index (χ0v) is 14.0. The van der Waals surface area contributed by atoms with Gasteiger partial charge in [0.1, 0.15) is 5.82 Å². The van der Waals surface area contributed by atoms with E-state index in [1.165, 1.54) is 6.07 Å². The summed E-state index contributed by atoms with van der Waals surface area (Å²) in [6.07, 6.45) is 1.55. The number of hydrogen-bond donors (Lipinski definition) is 2. The largest absolute Gasteiger partial charge is 0.481 e. The quantitative estimate of drug-likeness (QED) is 0.893. The summed E-state index contributed by atoms with van der Waals surface area (Å²) in [5.41, 5.74) is 6.52.